The molecule has 1 rings (SSSR count). The van der Waals surface area contributed by atoms with Gasteiger partial charge in [-0.2, -0.15) is 0 Å². The summed E-state index contributed by atoms with van der Waals surface area (Å²) in [6, 6.07) is 0.286. The van der Waals surface area contributed by atoms with Crippen molar-refractivity contribution in [1.29, 1.82) is 0 Å². The highest BCUT2D eigenvalue weighted by Gasteiger charge is 2.17. The van der Waals surface area contributed by atoms with Crippen molar-refractivity contribution < 1.29 is 4.79 Å². The molecule has 2 N–H and O–H groups in total. The van der Waals surface area contributed by atoms with Gasteiger partial charge in [-0.25, -0.2) is 9.67 Å². The van der Waals surface area contributed by atoms with Crippen molar-refractivity contribution in [2.45, 2.75) is 39.3 Å². The predicted octanol–water partition coefficient (Wildman–Crippen LogP) is 0.507. The third-order valence-electron chi connectivity index (χ3n) is 2.74. The summed E-state index contributed by atoms with van der Waals surface area (Å²) in [5, 5.41) is 3.88. The second-order valence-corrected chi connectivity index (χ2v) is 3.78. The Morgan fingerprint density at radius 3 is 2.62 bits per heavy atom. The van der Waals surface area contributed by atoms with Crippen LogP contribution >= 0.6 is 0 Å². The van der Waals surface area contributed by atoms with E-state index in [1.807, 2.05) is 7.05 Å². The lowest BCUT2D eigenvalue weighted by Gasteiger charge is -2.26. The lowest BCUT2D eigenvalue weighted by atomic mass is 10.1. The molecule has 16 heavy (non-hydrogen) atoms. The number of carbonyl (C=O) groups is 1. The Balaban J connectivity index is 2.58. The predicted molar refractivity (Wildman–Crippen MR) is 61.6 cm³/mol. The molecule has 0 saturated heterocycles. The first-order valence-corrected chi connectivity index (χ1v) is 5.49. The maximum atomic E-state index is 11.9. The van der Waals surface area contributed by atoms with E-state index in [-0.39, 0.29) is 24.4 Å². The highest BCUT2D eigenvalue weighted by atomic mass is 16.2. The van der Waals surface area contributed by atoms with Crippen molar-refractivity contribution in [2.24, 2.45) is 0 Å². The molecule has 0 aliphatic rings. The zero-order valence-corrected chi connectivity index (χ0v) is 10.1. The Labute approximate surface area is 95.4 Å². The van der Waals surface area contributed by atoms with Gasteiger partial charge in [-0.15, -0.1) is 5.10 Å². The average Bonchev–Trinajstić information content (AvgIpc) is 2.65. The van der Waals surface area contributed by atoms with Crippen LogP contribution in [0.1, 0.15) is 26.7 Å². The van der Waals surface area contributed by atoms with E-state index in [4.69, 9.17) is 5.73 Å². The molecule has 0 atom stereocenters. The molecule has 1 aromatic rings. The standard InChI is InChI=1S/C10H19N5O/c1-4-8(5-2)14(3)9(16)6-15-7-12-10(11)13-15/h7-8H,4-6H2,1-3H3,(H2,11,13). The van der Waals surface area contributed by atoms with Crippen molar-refractivity contribution in [1.82, 2.24) is 19.7 Å². The van der Waals surface area contributed by atoms with E-state index < -0.39 is 0 Å². The van der Waals surface area contributed by atoms with E-state index in [2.05, 4.69) is 23.9 Å². The Bertz CT molecular complexity index is 345. The van der Waals surface area contributed by atoms with Gasteiger partial charge in [0.1, 0.15) is 12.9 Å². The number of nitrogens with two attached hydrogens (primary N) is 1. The normalized spacial score (nSPS) is 10.8. The van der Waals surface area contributed by atoms with Gasteiger partial charge in [0.05, 0.1) is 0 Å². The number of carbonyl (C=O) groups excluding carboxylic acids is 1. The van der Waals surface area contributed by atoms with E-state index >= 15 is 0 Å². The molecular weight excluding hydrogens is 206 g/mol. The first-order valence-electron chi connectivity index (χ1n) is 5.49. The van der Waals surface area contributed by atoms with Gasteiger partial charge in [0, 0.05) is 13.1 Å². The third-order valence-corrected chi connectivity index (χ3v) is 2.74. The van der Waals surface area contributed by atoms with Gasteiger partial charge in [-0.1, -0.05) is 13.8 Å². The number of amides is 1. The smallest absolute Gasteiger partial charge is 0.244 e. The van der Waals surface area contributed by atoms with Gasteiger partial charge in [0.25, 0.3) is 0 Å². The molecule has 6 heteroatoms. The zero-order chi connectivity index (χ0) is 12.1. The first-order chi connectivity index (χ1) is 7.58. The van der Waals surface area contributed by atoms with Gasteiger partial charge in [-0.05, 0) is 12.8 Å². The molecular formula is C10H19N5O. The summed E-state index contributed by atoms with van der Waals surface area (Å²) in [5.74, 6) is 0.219. The Morgan fingerprint density at radius 1 is 1.56 bits per heavy atom. The summed E-state index contributed by atoms with van der Waals surface area (Å²) in [6.07, 6.45) is 3.38. The highest BCUT2D eigenvalue weighted by molar-refractivity contribution is 5.75. The molecule has 0 aliphatic heterocycles. The fourth-order valence-corrected chi connectivity index (χ4v) is 1.68. The lowest BCUT2D eigenvalue weighted by Crippen LogP contribution is -2.38. The van der Waals surface area contributed by atoms with Crippen LogP contribution in [0.4, 0.5) is 5.95 Å². The molecule has 90 valence electrons. The fourth-order valence-electron chi connectivity index (χ4n) is 1.68. The second kappa shape index (κ2) is 5.48. The molecule has 0 unspecified atom stereocenters. The number of anilines is 1. The molecule has 1 aromatic heterocycles. The number of rotatable bonds is 5. The Kier molecular flexibility index (Phi) is 4.28. The summed E-state index contributed by atoms with van der Waals surface area (Å²) in [7, 11) is 1.82. The van der Waals surface area contributed by atoms with Crippen LogP contribution in [0.3, 0.4) is 0 Å². The van der Waals surface area contributed by atoms with E-state index in [0.717, 1.165) is 12.8 Å². The van der Waals surface area contributed by atoms with Gasteiger partial charge in [0.2, 0.25) is 11.9 Å². The van der Waals surface area contributed by atoms with Crippen molar-refractivity contribution in [3.8, 4) is 0 Å². The highest BCUT2D eigenvalue weighted by Crippen LogP contribution is 2.06. The number of likely N-dealkylation sites (N-methyl/N-ethyl adjacent to an activating group) is 1. The minimum atomic E-state index is 0.0265. The zero-order valence-electron chi connectivity index (χ0n) is 10.1. The minimum absolute atomic E-state index is 0.0265. The molecule has 0 spiro atoms. The van der Waals surface area contributed by atoms with E-state index in [9.17, 15) is 4.79 Å². The van der Waals surface area contributed by atoms with Crippen LogP contribution in [0.15, 0.2) is 6.33 Å². The number of nitrogens with zero attached hydrogens (tertiary/aromatic N) is 4. The molecule has 1 heterocycles. The summed E-state index contributed by atoms with van der Waals surface area (Å²) in [5.41, 5.74) is 5.37. The van der Waals surface area contributed by atoms with Crippen LogP contribution in [0, 0.1) is 0 Å². The van der Waals surface area contributed by atoms with Gasteiger partial charge in [-0.3, -0.25) is 4.79 Å². The fraction of sp³-hybridized carbons (Fsp3) is 0.700. The lowest BCUT2D eigenvalue weighted by molar-refractivity contribution is -0.132. The summed E-state index contributed by atoms with van der Waals surface area (Å²) >= 11 is 0. The molecule has 0 bridgehead atoms. The van der Waals surface area contributed by atoms with Crippen LogP contribution in [0.2, 0.25) is 0 Å². The van der Waals surface area contributed by atoms with Gasteiger partial charge < -0.3 is 10.6 Å². The van der Waals surface area contributed by atoms with E-state index in [0.29, 0.717) is 0 Å². The van der Waals surface area contributed by atoms with Gasteiger partial charge >= 0.3 is 0 Å². The molecule has 0 fully saturated rings. The van der Waals surface area contributed by atoms with E-state index in [1.54, 1.807) is 4.90 Å². The molecule has 0 aromatic carbocycles. The van der Waals surface area contributed by atoms with Crippen molar-refractivity contribution in [3.05, 3.63) is 6.33 Å². The maximum absolute atomic E-state index is 11.9. The number of aromatic nitrogens is 3. The van der Waals surface area contributed by atoms with Crippen molar-refractivity contribution in [2.75, 3.05) is 12.8 Å². The van der Waals surface area contributed by atoms with Crippen LogP contribution in [-0.2, 0) is 11.3 Å². The van der Waals surface area contributed by atoms with Crippen LogP contribution in [0.25, 0.3) is 0 Å². The van der Waals surface area contributed by atoms with Gasteiger partial charge in [0.15, 0.2) is 0 Å². The van der Waals surface area contributed by atoms with Crippen LogP contribution in [-0.4, -0.2) is 38.7 Å². The average molecular weight is 225 g/mol. The van der Waals surface area contributed by atoms with Crippen molar-refractivity contribution >= 4 is 11.9 Å². The Hall–Kier alpha value is -1.59. The third kappa shape index (κ3) is 2.95. The SMILES string of the molecule is CCC(CC)N(C)C(=O)Cn1cnc(N)n1. The largest absolute Gasteiger partial charge is 0.367 e. The topological polar surface area (TPSA) is 77.0 Å². The number of nitrogen functional groups attached to an aromatic ring is 1. The summed E-state index contributed by atoms with van der Waals surface area (Å²) in [6.45, 7) is 4.34. The maximum Gasteiger partial charge on any atom is 0.244 e. The first kappa shape index (κ1) is 12.5. The number of hydrogen-bond acceptors (Lipinski definition) is 4. The number of hydrogen-bond donors (Lipinski definition) is 1. The quantitative estimate of drug-likeness (QED) is 0.792. The Morgan fingerprint density at radius 2 is 2.19 bits per heavy atom. The summed E-state index contributed by atoms with van der Waals surface area (Å²) in [4.78, 5) is 17.4. The molecule has 1 amide bonds. The minimum Gasteiger partial charge on any atom is -0.367 e. The molecule has 0 aliphatic carbocycles. The second-order valence-electron chi connectivity index (χ2n) is 3.78. The van der Waals surface area contributed by atoms with Crippen molar-refractivity contribution in [3.63, 3.8) is 0 Å². The molecule has 6 nitrogen and oxygen atoms in total. The van der Waals surface area contributed by atoms with Crippen LogP contribution in [0.5, 0.6) is 0 Å². The molecule has 0 saturated carbocycles. The molecule has 0 radical (unpaired) electrons. The van der Waals surface area contributed by atoms with E-state index in [1.165, 1.54) is 11.0 Å². The monoisotopic (exact) mass is 225 g/mol. The van der Waals surface area contributed by atoms with Crippen LogP contribution < -0.4 is 5.73 Å². The summed E-state index contributed by atoms with van der Waals surface area (Å²) < 4.78 is 1.45.